The highest BCUT2D eigenvalue weighted by molar-refractivity contribution is 7.14. The first kappa shape index (κ1) is 33.2. The van der Waals surface area contributed by atoms with Crippen molar-refractivity contribution in [1.29, 1.82) is 0 Å². The first-order chi connectivity index (χ1) is 27.0. The molecule has 3 heteroatoms. The average Bonchev–Trinajstić information content (AvgIpc) is 3.75. The van der Waals surface area contributed by atoms with Crippen molar-refractivity contribution in [3.05, 3.63) is 200 Å². The molecule has 0 spiro atoms. The quantitative estimate of drug-likeness (QED) is 0.119. The van der Waals surface area contributed by atoms with Crippen molar-refractivity contribution in [2.45, 2.75) is 25.8 Å². The van der Waals surface area contributed by atoms with Crippen LogP contribution in [-0.4, -0.2) is 17.2 Å². The van der Waals surface area contributed by atoms with Crippen LogP contribution in [0, 0.1) is 0 Å². The molecule has 10 rings (SSSR count). The zero-order valence-electron chi connectivity index (χ0n) is 31.4. The number of para-hydroxylation sites is 3. The monoisotopic (exact) mass is 722 g/mol. The van der Waals surface area contributed by atoms with Gasteiger partial charge in [0, 0.05) is 32.8 Å². The second kappa shape index (κ2) is 12.9. The normalized spacial score (nSPS) is 12.3. The molecule has 0 aliphatic heterocycles. The van der Waals surface area contributed by atoms with E-state index in [1.165, 1.54) is 76.0 Å². The van der Waals surface area contributed by atoms with Gasteiger partial charge in [-0.3, -0.25) is 0 Å². The fourth-order valence-electron chi connectivity index (χ4n) is 9.62. The van der Waals surface area contributed by atoms with Crippen molar-refractivity contribution in [3.8, 4) is 22.5 Å². The van der Waals surface area contributed by atoms with E-state index in [1.54, 1.807) is 0 Å². The van der Waals surface area contributed by atoms with E-state index in [9.17, 15) is 0 Å². The first-order valence-electron chi connectivity index (χ1n) is 19.3. The lowest BCUT2D eigenvalue weighted by Crippen LogP contribution is -2.72. The summed E-state index contributed by atoms with van der Waals surface area (Å²) in [6.07, 6.45) is 0. The van der Waals surface area contributed by atoms with Gasteiger partial charge in [-0.2, -0.15) is 0 Å². The molecule has 0 N–H and O–H groups in total. The number of nitrogens with zero attached hydrogens (tertiary/aromatic N) is 2. The van der Waals surface area contributed by atoms with Gasteiger partial charge in [0.2, 0.25) is 0 Å². The first-order valence-corrected chi connectivity index (χ1v) is 21.3. The smallest absolute Gasteiger partial charge is 0.154 e. The molecule has 0 aliphatic rings. The van der Waals surface area contributed by atoms with Crippen molar-refractivity contribution in [2.24, 2.45) is 0 Å². The lowest BCUT2D eigenvalue weighted by atomic mass is 10.0. The Morgan fingerprint density at radius 3 is 1.60 bits per heavy atom. The zero-order valence-corrected chi connectivity index (χ0v) is 32.4. The fraction of sp³-hybridized carbons (Fsp3) is 0.0769. The third-order valence-corrected chi connectivity index (χ3v) is 17.7. The van der Waals surface area contributed by atoms with Gasteiger partial charge in [0.25, 0.3) is 0 Å². The van der Waals surface area contributed by atoms with Crippen LogP contribution in [0.4, 0.5) is 0 Å². The van der Waals surface area contributed by atoms with Crippen LogP contribution in [0.3, 0.4) is 0 Å². The van der Waals surface area contributed by atoms with Gasteiger partial charge < -0.3 is 9.13 Å². The molecule has 0 unspecified atom stereocenters. The molecule has 264 valence electrons. The molecule has 0 saturated carbocycles. The van der Waals surface area contributed by atoms with E-state index in [1.807, 2.05) is 0 Å². The molecule has 0 saturated heterocycles. The topological polar surface area (TPSA) is 9.86 Å². The third-order valence-electron chi connectivity index (χ3n) is 11.8. The average molecular weight is 723 g/mol. The van der Waals surface area contributed by atoms with Crippen LogP contribution in [0.1, 0.15) is 20.8 Å². The Kier molecular flexibility index (Phi) is 7.76. The minimum atomic E-state index is -2.66. The molecule has 0 aliphatic carbocycles. The molecule has 55 heavy (non-hydrogen) atoms. The maximum atomic E-state index is 2.51. The molecule has 0 bridgehead atoms. The summed E-state index contributed by atoms with van der Waals surface area (Å²) in [5.41, 5.74) is 9.63. The molecule has 0 radical (unpaired) electrons. The van der Waals surface area contributed by atoms with E-state index < -0.39 is 8.07 Å². The summed E-state index contributed by atoms with van der Waals surface area (Å²) >= 11 is 0. The highest BCUT2D eigenvalue weighted by Crippen LogP contribution is 2.41. The highest BCUT2D eigenvalue weighted by Gasteiger charge is 2.50. The van der Waals surface area contributed by atoms with E-state index in [0.29, 0.717) is 0 Å². The summed E-state index contributed by atoms with van der Waals surface area (Å²) < 4.78 is 4.96. The van der Waals surface area contributed by atoms with Gasteiger partial charge in [-0.25, -0.2) is 0 Å². The number of fused-ring (bicyclic) bond motifs is 6. The predicted octanol–water partition coefficient (Wildman–Crippen LogP) is 11.8. The zero-order chi connectivity index (χ0) is 37.1. The van der Waals surface area contributed by atoms with Crippen LogP contribution >= 0.6 is 0 Å². The lowest BCUT2D eigenvalue weighted by molar-refractivity contribution is 0.740. The van der Waals surface area contributed by atoms with Crippen LogP contribution in [-0.2, 0) is 0 Å². The third kappa shape index (κ3) is 5.00. The highest BCUT2D eigenvalue weighted by atomic mass is 28.3. The van der Waals surface area contributed by atoms with Crippen molar-refractivity contribution >= 4 is 67.2 Å². The molecule has 0 fully saturated rings. The summed E-state index contributed by atoms with van der Waals surface area (Å²) in [5, 5.41) is 9.42. The van der Waals surface area contributed by atoms with E-state index in [4.69, 9.17) is 0 Å². The van der Waals surface area contributed by atoms with Gasteiger partial charge in [-0.05, 0) is 68.6 Å². The van der Waals surface area contributed by atoms with Gasteiger partial charge in [-0.15, -0.1) is 0 Å². The summed E-state index contributed by atoms with van der Waals surface area (Å²) in [6, 6.07) is 74.2. The molecule has 0 amide bonds. The Labute approximate surface area is 323 Å². The number of rotatable bonds is 6. The van der Waals surface area contributed by atoms with E-state index >= 15 is 0 Å². The molecule has 2 nitrogen and oxygen atoms in total. The van der Waals surface area contributed by atoms with Gasteiger partial charge in [-0.1, -0.05) is 178 Å². The fourth-order valence-corrected chi connectivity index (χ4v) is 15.5. The van der Waals surface area contributed by atoms with E-state index in [2.05, 4.69) is 230 Å². The van der Waals surface area contributed by atoms with Gasteiger partial charge >= 0.3 is 0 Å². The number of benzene rings is 8. The molecule has 8 aromatic carbocycles. The summed E-state index contributed by atoms with van der Waals surface area (Å²) in [4.78, 5) is 0. The second-order valence-electron chi connectivity index (χ2n) is 15.7. The van der Waals surface area contributed by atoms with E-state index in [-0.39, 0.29) is 5.04 Å². The minimum absolute atomic E-state index is 0.0377. The number of hydrogen-bond acceptors (Lipinski definition) is 0. The molecule has 0 atom stereocenters. The number of hydrogen-bond donors (Lipinski definition) is 0. The Morgan fingerprint density at radius 2 is 0.927 bits per heavy atom. The van der Waals surface area contributed by atoms with Gasteiger partial charge in [0.1, 0.15) is 0 Å². The molecule has 2 aromatic heterocycles. The summed E-state index contributed by atoms with van der Waals surface area (Å²) in [5.74, 6) is 0. The summed E-state index contributed by atoms with van der Waals surface area (Å²) in [7, 11) is -2.66. The van der Waals surface area contributed by atoms with Crippen LogP contribution in [0.5, 0.6) is 0 Å². The maximum Gasteiger partial charge on any atom is 0.154 e. The van der Waals surface area contributed by atoms with Gasteiger partial charge in [0.15, 0.2) is 8.07 Å². The van der Waals surface area contributed by atoms with Crippen molar-refractivity contribution in [3.63, 3.8) is 0 Å². The molecular formula is C52H42N2Si. The maximum absolute atomic E-state index is 2.66. The Hall–Kier alpha value is -6.42. The van der Waals surface area contributed by atoms with E-state index in [0.717, 1.165) is 5.69 Å². The second-order valence-corrected chi connectivity index (χ2v) is 20.4. The Balaban J connectivity index is 1.27. The lowest BCUT2D eigenvalue weighted by Gasteiger charge is -2.45. The Morgan fingerprint density at radius 1 is 0.400 bits per heavy atom. The molecule has 2 heterocycles. The van der Waals surface area contributed by atoms with Crippen molar-refractivity contribution in [2.75, 3.05) is 0 Å². The van der Waals surface area contributed by atoms with Crippen LogP contribution in [0.15, 0.2) is 200 Å². The van der Waals surface area contributed by atoms with Gasteiger partial charge in [0.05, 0.1) is 27.8 Å². The van der Waals surface area contributed by atoms with Crippen molar-refractivity contribution in [1.82, 2.24) is 9.13 Å². The number of aromatic nitrogens is 2. The minimum Gasteiger partial charge on any atom is -0.309 e. The van der Waals surface area contributed by atoms with Crippen LogP contribution in [0.2, 0.25) is 5.04 Å². The SMILES string of the molecule is CC(C)(C)[Si](c1ccccc1)(c1ccccc1)c1cccc2c1c1ccccc1n2-c1ccc2c(c1)c1ccccc1n2-c1ccccc1-c1ccccc1. The van der Waals surface area contributed by atoms with Crippen LogP contribution < -0.4 is 15.6 Å². The summed E-state index contributed by atoms with van der Waals surface area (Å²) in [6.45, 7) is 7.37. The van der Waals surface area contributed by atoms with Crippen LogP contribution in [0.25, 0.3) is 66.1 Å². The largest absolute Gasteiger partial charge is 0.309 e. The standard InChI is InChI=1S/C52H42N2Si/c1-52(2,3)55(39-22-9-5-10-23-39,40-24-11-6-12-25-40)50-33-19-32-49-51(50)43-28-15-18-31-47(43)53(49)38-34-35-48-44(36-38)42-27-14-17-30-46(42)54(48)45-29-16-13-26-41(45)37-20-7-4-8-21-37/h4-36H,1-3H3. The molecule has 10 aromatic rings. The predicted molar refractivity (Wildman–Crippen MR) is 238 cm³/mol. The molecular weight excluding hydrogens is 681 g/mol. The van der Waals surface area contributed by atoms with Crippen molar-refractivity contribution < 1.29 is 0 Å². The Bertz CT molecular complexity index is 2960.